The molecule has 2 heterocycles. The highest BCUT2D eigenvalue weighted by molar-refractivity contribution is 7.12. The fourth-order valence-corrected chi connectivity index (χ4v) is 2.51. The summed E-state index contributed by atoms with van der Waals surface area (Å²) in [6, 6.07) is 2.63. The van der Waals surface area contributed by atoms with Gasteiger partial charge in [-0.15, -0.1) is 11.3 Å². The average molecular weight is 355 g/mol. The molecule has 0 aliphatic rings. The highest BCUT2D eigenvalue weighted by Crippen LogP contribution is 2.35. The molecule has 0 bridgehead atoms. The fraction of sp³-hybridized carbons (Fsp3) is 0.182. The van der Waals surface area contributed by atoms with Crippen molar-refractivity contribution in [3.8, 4) is 0 Å². The second-order valence-electron chi connectivity index (χ2n) is 3.97. The summed E-state index contributed by atoms with van der Waals surface area (Å²) >= 11 is 6.33. The summed E-state index contributed by atoms with van der Waals surface area (Å²) in [6.07, 6.45) is -3.59. The van der Waals surface area contributed by atoms with E-state index in [0.29, 0.717) is 9.56 Å². The molecule has 1 N–H and O–H groups in total. The predicted molar refractivity (Wildman–Crippen MR) is 72.6 cm³/mol. The van der Waals surface area contributed by atoms with Gasteiger partial charge >= 0.3 is 6.18 Å². The lowest BCUT2D eigenvalue weighted by Crippen LogP contribution is -2.18. The number of hydrogen-bond acceptors (Lipinski definition) is 4. The molecule has 2 aromatic rings. The maximum absolute atomic E-state index is 12.7. The summed E-state index contributed by atoms with van der Waals surface area (Å²) in [5, 5.41) is 5.68. The first-order valence-electron chi connectivity index (χ1n) is 5.58. The highest BCUT2D eigenvalue weighted by atomic mass is 35.5. The van der Waals surface area contributed by atoms with Crippen LogP contribution in [0.1, 0.15) is 21.1 Å². The van der Waals surface area contributed by atoms with Gasteiger partial charge in [0.2, 0.25) is 0 Å². The lowest BCUT2D eigenvalue weighted by molar-refractivity contribution is -0.143. The topological polar surface area (TPSA) is 59.3 Å². The van der Waals surface area contributed by atoms with E-state index in [9.17, 15) is 22.4 Å². The summed E-state index contributed by atoms with van der Waals surface area (Å²) in [5.74, 6) is -1.01. The SMILES string of the molecule is Cn1nc(C(=O)N/N=C\c2ccc(F)s2)c(Cl)c1C(F)(F)F. The van der Waals surface area contributed by atoms with Crippen molar-refractivity contribution < 1.29 is 22.4 Å². The molecule has 11 heteroatoms. The first-order valence-corrected chi connectivity index (χ1v) is 6.78. The predicted octanol–water partition coefficient (Wildman–Crippen LogP) is 3.06. The van der Waals surface area contributed by atoms with Crippen molar-refractivity contribution in [3.63, 3.8) is 0 Å². The van der Waals surface area contributed by atoms with Gasteiger partial charge in [-0.05, 0) is 12.1 Å². The molecule has 0 fully saturated rings. The molecular weight excluding hydrogens is 348 g/mol. The molecule has 0 radical (unpaired) electrons. The van der Waals surface area contributed by atoms with Gasteiger partial charge in [-0.1, -0.05) is 11.6 Å². The minimum absolute atomic E-state index is 0.417. The zero-order chi connectivity index (χ0) is 16.5. The van der Waals surface area contributed by atoms with Crippen LogP contribution in [0.2, 0.25) is 5.02 Å². The Balaban J connectivity index is 2.15. The van der Waals surface area contributed by atoms with E-state index in [-0.39, 0.29) is 0 Å². The van der Waals surface area contributed by atoms with E-state index in [4.69, 9.17) is 11.6 Å². The monoisotopic (exact) mass is 354 g/mol. The Morgan fingerprint density at radius 1 is 1.50 bits per heavy atom. The molecule has 2 rings (SSSR count). The van der Waals surface area contributed by atoms with Crippen molar-refractivity contribution in [2.75, 3.05) is 0 Å². The molecule has 118 valence electrons. The number of aryl methyl sites for hydroxylation is 1. The Morgan fingerprint density at radius 2 is 2.18 bits per heavy atom. The minimum atomic E-state index is -4.74. The average Bonchev–Trinajstić information content (AvgIpc) is 2.92. The summed E-state index contributed by atoms with van der Waals surface area (Å²) in [5.41, 5.74) is 0.138. The first kappa shape index (κ1) is 16.4. The van der Waals surface area contributed by atoms with Crippen LogP contribution in [-0.4, -0.2) is 21.9 Å². The molecule has 0 aliphatic carbocycles. The molecule has 0 spiro atoms. The van der Waals surface area contributed by atoms with Crippen LogP contribution in [0.4, 0.5) is 17.6 Å². The van der Waals surface area contributed by atoms with Gasteiger partial charge < -0.3 is 0 Å². The van der Waals surface area contributed by atoms with Crippen LogP contribution >= 0.6 is 22.9 Å². The molecule has 0 aromatic carbocycles. The third-order valence-electron chi connectivity index (χ3n) is 2.42. The first-order chi connectivity index (χ1) is 10.2. The summed E-state index contributed by atoms with van der Waals surface area (Å²) in [7, 11) is 1.02. The Hall–Kier alpha value is -1.94. The summed E-state index contributed by atoms with van der Waals surface area (Å²) in [4.78, 5) is 12.1. The van der Waals surface area contributed by atoms with Crippen molar-refractivity contribution in [2.24, 2.45) is 12.1 Å². The van der Waals surface area contributed by atoms with Crippen molar-refractivity contribution in [3.05, 3.63) is 38.6 Å². The third-order valence-corrected chi connectivity index (χ3v) is 3.59. The molecule has 0 saturated carbocycles. The van der Waals surface area contributed by atoms with Crippen LogP contribution in [-0.2, 0) is 13.2 Å². The quantitative estimate of drug-likeness (QED) is 0.523. The van der Waals surface area contributed by atoms with Crippen LogP contribution < -0.4 is 5.43 Å². The fourth-order valence-electron chi connectivity index (χ4n) is 1.56. The van der Waals surface area contributed by atoms with Crippen molar-refractivity contribution in [1.82, 2.24) is 15.2 Å². The smallest absolute Gasteiger partial charge is 0.265 e. The molecule has 0 aliphatic heterocycles. The molecule has 0 saturated heterocycles. The number of alkyl halides is 3. The molecule has 1 amide bonds. The lowest BCUT2D eigenvalue weighted by atomic mass is 10.3. The number of rotatable bonds is 3. The van der Waals surface area contributed by atoms with Gasteiger partial charge in [-0.2, -0.15) is 27.8 Å². The van der Waals surface area contributed by atoms with Crippen molar-refractivity contribution in [2.45, 2.75) is 6.18 Å². The Bertz CT molecular complexity index is 737. The Morgan fingerprint density at radius 3 is 2.68 bits per heavy atom. The maximum Gasteiger partial charge on any atom is 0.434 e. The number of hydrogen-bond donors (Lipinski definition) is 1. The van der Waals surface area contributed by atoms with E-state index in [1.165, 1.54) is 12.1 Å². The second kappa shape index (κ2) is 6.05. The van der Waals surface area contributed by atoms with E-state index in [1.807, 2.05) is 5.43 Å². The van der Waals surface area contributed by atoms with Crippen LogP contribution in [0.25, 0.3) is 0 Å². The molecule has 0 unspecified atom stereocenters. The highest BCUT2D eigenvalue weighted by Gasteiger charge is 2.39. The van der Waals surface area contributed by atoms with E-state index in [0.717, 1.165) is 24.6 Å². The largest absolute Gasteiger partial charge is 0.434 e. The van der Waals surface area contributed by atoms with Crippen molar-refractivity contribution >= 4 is 35.1 Å². The zero-order valence-corrected chi connectivity index (χ0v) is 12.4. The van der Waals surface area contributed by atoms with Crippen LogP contribution in [0.5, 0.6) is 0 Å². The van der Waals surface area contributed by atoms with Crippen molar-refractivity contribution in [1.29, 1.82) is 0 Å². The number of nitrogens with zero attached hydrogens (tertiary/aromatic N) is 3. The van der Waals surface area contributed by atoms with Gasteiger partial charge in [0.25, 0.3) is 5.91 Å². The number of aromatic nitrogens is 2. The number of amides is 1. The van der Waals surface area contributed by atoms with Crippen LogP contribution in [0.15, 0.2) is 17.2 Å². The summed E-state index contributed by atoms with van der Waals surface area (Å²) in [6.45, 7) is 0. The van der Waals surface area contributed by atoms with E-state index >= 15 is 0 Å². The normalized spacial score (nSPS) is 12.1. The van der Waals surface area contributed by atoms with Gasteiger partial charge in [0, 0.05) is 7.05 Å². The van der Waals surface area contributed by atoms with Crippen LogP contribution in [0.3, 0.4) is 0 Å². The molecule has 2 aromatic heterocycles. The second-order valence-corrected chi connectivity index (χ2v) is 5.42. The van der Waals surface area contributed by atoms with E-state index in [2.05, 4.69) is 10.2 Å². The maximum atomic E-state index is 12.7. The zero-order valence-electron chi connectivity index (χ0n) is 10.8. The number of hydrazone groups is 1. The molecular formula is C11H7ClF4N4OS. The number of carbonyl (C=O) groups excluding carboxylic acids is 1. The number of halogens is 5. The summed E-state index contributed by atoms with van der Waals surface area (Å²) < 4.78 is 51.4. The van der Waals surface area contributed by atoms with Gasteiger partial charge in [0.1, 0.15) is 5.02 Å². The third kappa shape index (κ3) is 3.45. The van der Waals surface area contributed by atoms with E-state index < -0.39 is 33.6 Å². The number of carbonyl (C=O) groups is 1. The Kier molecular flexibility index (Phi) is 4.52. The van der Waals surface area contributed by atoms with E-state index in [1.54, 1.807) is 0 Å². The number of thiophene rings is 1. The Labute approximate surface area is 130 Å². The number of nitrogens with one attached hydrogen (secondary N) is 1. The van der Waals surface area contributed by atoms with Gasteiger partial charge in [0.15, 0.2) is 16.5 Å². The van der Waals surface area contributed by atoms with Gasteiger partial charge in [-0.25, -0.2) is 5.43 Å². The molecule has 5 nitrogen and oxygen atoms in total. The lowest BCUT2D eigenvalue weighted by Gasteiger charge is -2.06. The standard InChI is InChI=1S/C11H7ClF4N4OS/c1-20-9(11(14,15)16)7(12)8(19-20)10(21)18-17-4-5-2-3-6(13)22-5/h2-4H,1H3,(H,18,21)/b17-4-. The van der Waals surface area contributed by atoms with Gasteiger partial charge in [0.05, 0.1) is 11.1 Å². The van der Waals surface area contributed by atoms with Crippen LogP contribution in [0, 0.1) is 5.13 Å². The van der Waals surface area contributed by atoms with Gasteiger partial charge in [-0.3, -0.25) is 9.48 Å². The molecule has 0 atom stereocenters. The minimum Gasteiger partial charge on any atom is -0.265 e. The molecule has 22 heavy (non-hydrogen) atoms.